The molecule has 36 heavy (non-hydrogen) atoms. The zero-order valence-electron chi connectivity index (χ0n) is 22.2. The molecule has 182 valence electrons. The van der Waals surface area contributed by atoms with Crippen molar-refractivity contribution >= 4 is 39.2 Å². The first-order valence-corrected chi connectivity index (χ1v) is 15.8. The molecule has 6 rings (SSSR count). The van der Waals surface area contributed by atoms with Crippen molar-refractivity contribution in [3.63, 3.8) is 0 Å². The number of hydrogen-bond donors (Lipinski definition) is 0. The van der Waals surface area contributed by atoms with Crippen molar-refractivity contribution in [2.24, 2.45) is 5.92 Å². The van der Waals surface area contributed by atoms with Gasteiger partial charge in [0.05, 0.1) is 0 Å². The van der Waals surface area contributed by atoms with E-state index in [0.29, 0.717) is 5.92 Å². The summed E-state index contributed by atoms with van der Waals surface area (Å²) in [6.07, 6.45) is 3.36. The first-order valence-electron chi connectivity index (χ1n) is 11.6. The molecule has 5 aromatic carbocycles. The van der Waals surface area contributed by atoms with Gasteiger partial charge in [0.1, 0.15) is 0 Å². The van der Waals surface area contributed by atoms with Crippen molar-refractivity contribution < 1.29 is 23.3 Å². The molecule has 2 radical (unpaired) electrons. The summed E-state index contributed by atoms with van der Waals surface area (Å²) in [4.78, 5) is 0. The van der Waals surface area contributed by atoms with Crippen molar-refractivity contribution in [3.05, 3.63) is 129 Å². The second kappa shape index (κ2) is 13.2. The summed E-state index contributed by atoms with van der Waals surface area (Å²) in [5.41, 5.74) is 6.92. The van der Waals surface area contributed by atoms with Crippen LogP contribution in [0, 0.1) is 26.8 Å². The minimum Gasteiger partial charge on any atom is -0.150 e. The van der Waals surface area contributed by atoms with Crippen molar-refractivity contribution in [1.82, 2.24) is 0 Å². The Kier molecular flexibility index (Phi) is 11.0. The molecule has 2 heteroatoms. The fourth-order valence-electron chi connectivity index (χ4n) is 4.83. The van der Waals surface area contributed by atoms with Crippen LogP contribution in [-0.2, 0) is 23.3 Å². The molecule has 0 bridgehead atoms. The van der Waals surface area contributed by atoms with E-state index in [9.17, 15) is 0 Å². The Balaban J connectivity index is 0.000000301. The molecule has 1 aliphatic rings. The van der Waals surface area contributed by atoms with Gasteiger partial charge in [0.25, 0.3) is 0 Å². The van der Waals surface area contributed by atoms with E-state index in [2.05, 4.69) is 132 Å². The maximum absolute atomic E-state index is 3.36. The zero-order valence-corrected chi connectivity index (χ0v) is 25.7. The summed E-state index contributed by atoms with van der Waals surface area (Å²) in [5.74, 6) is 0.560. The Labute approximate surface area is 234 Å². The molecule has 1 atom stereocenters. The van der Waals surface area contributed by atoms with Crippen LogP contribution in [0.25, 0.3) is 43.4 Å². The monoisotopic (exact) mass is 560 g/mol. The van der Waals surface area contributed by atoms with Crippen LogP contribution in [0.3, 0.4) is 0 Å². The van der Waals surface area contributed by atoms with Crippen LogP contribution in [-0.4, -0.2) is 6.88 Å². The van der Waals surface area contributed by atoms with Crippen molar-refractivity contribution in [2.75, 3.05) is 0 Å². The molecule has 1 unspecified atom stereocenters. The topological polar surface area (TPSA) is 0 Å². The summed E-state index contributed by atoms with van der Waals surface area (Å²) in [6, 6.07) is 32.8. The number of hydrogen-bond acceptors (Lipinski definition) is 0. The van der Waals surface area contributed by atoms with Crippen LogP contribution in [0.2, 0.25) is 0 Å². The maximum atomic E-state index is 3.36. The van der Waals surface area contributed by atoms with E-state index >= 15 is 0 Å². The predicted molar refractivity (Wildman–Crippen MR) is 159 cm³/mol. The van der Waals surface area contributed by atoms with E-state index < -0.39 is 0 Å². The van der Waals surface area contributed by atoms with Crippen molar-refractivity contribution in [3.8, 4) is 11.1 Å². The van der Waals surface area contributed by atoms with Gasteiger partial charge < -0.3 is 14.9 Å². The van der Waals surface area contributed by atoms with E-state index in [-0.39, 0.29) is 14.9 Å². The minimum atomic E-state index is 0. The number of benzene rings is 4. The Morgan fingerprint density at radius 1 is 0.750 bits per heavy atom. The first kappa shape index (κ1) is 29.8. The number of allylic oxidation sites excluding steroid dienone is 4. The quantitative estimate of drug-likeness (QED) is 0.109. The van der Waals surface area contributed by atoms with E-state index in [4.69, 9.17) is 0 Å². The Hall–Kier alpha value is -2.41. The van der Waals surface area contributed by atoms with Gasteiger partial charge in [0, 0.05) is 0 Å². The molecule has 0 heterocycles. The Morgan fingerprint density at radius 2 is 1.25 bits per heavy atom. The third-order valence-corrected chi connectivity index (χ3v) is 6.96. The fraction of sp³-hybridized carbons (Fsp3) is 0.147. The molecule has 0 spiro atoms. The number of rotatable bonds is 1. The molecule has 0 nitrogen and oxygen atoms in total. The van der Waals surface area contributed by atoms with Crippen molar-refractivity contribution in [1.29, 1.82) is 0 Å². The van der Waals surface area contributed by atoms with Crippen LogP contribution in [0.5, 0.6) is 0 Å². The van der Waals surface area contributed by atoms with E-state index in [1.165, 1.54) is 83.5 Å². The predicted octanol–water partition coefficient (Wildman–Crippen LogP) is 9.77. The zero-order chi connectivity index (χ0) is 24.2. The first-order chi connectivity index (χ1) is 16.5. The summed E-state index contributed by atoms with van der Waals surface area (Å²) in [7, 11) is 0. The number of fused-ring (bicyclic) bond motifs is 3. The third-order valence-electron chi connectivity index (χ3n) is 6.96. The minimum absolute atomic E-state index is 0. The van der Waals surface area contributed by atoms with Crippen molar-refractivity contribution in [2.45, 2.75) is 27.7 Å². The molecule has 0 aliphatic heterocycles. The van der Waals surface area contributed by atoms with Gasteiger partial charge in [-0.2, -0.15) is 11.1 Å². The Bertz CT molecular complexity index is 1480. The molecule has 0 aromatic heterocycles. The molecule has 0 amide bonds. The van der Waals surface area contributed by atoms with Crippen LogP contribution in [0.4, 0.5) is 0 Å². The molecule has 0 saturated carbocycles. The van der Waals surface area contributed by atoms with Gasteiger partial charge in [-0.15, -0.1) is 53.6 Å². The summed E-state index contributed by atoms with van der Waals surface area (Å²) in [6.45, 7) is 11.7. The Morgan fingerprint density at radius 3 is 1.72 bits per heavy atom. The summed E-state index contributed by atoms with van der Waals surface area (Å²) < 4.78 is 0. The summed E-state index contributed by atoms with van der Waals surface area (Å²) in [5, 5.41) is 7.87. The molecule has 0 N–H and O–H groups in total. The van der Waals surface area contributed by atoms with Gasteiger partial charge in [-0.05, 0) is 27.6 Å². The molecule has 5 aromatic rings. The van der Waals surface area contributed by atoms with E-state index in [0.717, 1.165) is 0 Å². The SMILES string of the molecule is CC1=[C-]C(C)C(C)=C1C.[CH3-].[CH3-].[Si]=[Zr].c1ccc2c(-c3c[cH-]c4ccccc34)c3ccccc3cc2c1. The molecular formula is C34H34SiZr-4. The fourth-order valence-corrected chi connectivity index (χ4v) is 4.83. The summed E-state index contributed by atoms with van der Waals surface area (Å²) >= 11 is 1.36. The molecule has 0 fully saturated rings. The standard InChI is InChI=1S/C23H15.C9H13.2CH3.Si.Zr/c1-4-10-19-16(7-1)13-14-22(19)23-20-11-5-2-8-17(20)15-18-9-3-6-12-21(18)23;1-6-5-7(2)9(4)8(6)3;;;;/h1-15H;6H,1-4H3;2*1H3;;/q4*-1;;. The normalized spacial score (nSPS) is 14.2. The second-order valence-electron chi connectivity index (χ2n) is 8.83. The van der Waals surface area contributed by atoms with E-state index in [1.807, 2.05) is 0 Å². The van der Waals surface area contributed by atoms with Crippen LogP contribution >= 0.6 is 0 Å². The third kappa shape index (κ3) is 5.77. The smallest absolute Gasteiger partial charge is 0.0180 e. The maximum Gasteiger partial charge on any atom is -0.0180 e. The molecule has 0 saturated heterocycles. The second-order valence-corrected chi connectivity index (χ2v) is 8.83. The van der Waals surface area contributed by atoms with Crippen LogP contribution in [0.15, 0.2) is 108 Å². The molecular weight excluding hydrogens is 528 g/mol. The average molecular weight is 562 g/mol. The van der Waals surface area contributed by atoms with Gasteiger partial charge in [0.15, 0.2) is 0 Å². The van der Waals surface area contributed by atoms with Gasteiger partial charge in [-0.3, -0.25) is 6.08 Å². The van der Waals surface area contributed by atoms with E-state index in [1.54, 1.807) is 0 Å². The van der Waals surface area contributed by atoms with Gasteiger partial charge in [-0.25, -0.2) is 5.57 Å². The van der Waals surface area contributed by atoms with Crippen LogP contribution < -0.4 is 0 Å². The van der Waals surface area contributed by atoms with Gasteiger partial charge >= 0.3 is 30.2 Å². The molecule has 1 aliphatic carbocycles. The van der Waals surface area contributed by atoms with Gasteiger partial charge in [-0.1, -0.05) is 86.8 Å². The largest absolute Gasteiger partial charge is 0.150 e. The van der Waals surface area contributed by atoms with Crippen LogP contribution in [0.1, 0.15) is 27.7 Å². The van der Waals surface area contributed by atoms with Gasteiger partial charge in [0.2, 0.25) is 0 Å². The average Bonchev–Trinajstić information content (AvgIpc) is 3.40.